The predicted molar refractivity (Wildman–Crippen MR) is 77.5 cm³/mol. The Balaban J connectivity index is 1.56. The number of benzene rings is 1. The van der Waals surface area contributed by atoms with Gasteiger partial charge in [-0.3, -0.25) is 4.79 Å². The minimum absolute atomic E-state index is 0.0752. The fourth-order valence-corrected chi connectivity index (χ4v) is 2.56. The fourth-order valence-electron chi connectivity index (χ4n) is 2.38. The van der Waals surface area contributed by atoms with Crippen molar-refractivity contribution in [2.24, 2.45) is 0 Å². The lowest BCUT2D eigenvalue weighted by Gasteiger charge is -2.31. The summed E-state index contributed by atoms with van der Waals surface area (Å²) in [7, 11) is 0. The molecule has 0 N–H and O–H groups in total. The fraction of sp³-hybridized carbons (Fsp3) is 0.333. The summed E-state index contributed by atoms with van der Waals surface area (Å²) in [5.74, 6) is 0.598. The lowest BCUT2D eigenvalue weighted by Crippen LogP contribution is -2.41. The number of hydrogen-bond acceptors (Lipinski definition) is 4. The van der Waals surface area contributed by atoms with Gasteiger partial charge in [0.2, 0.25) is 0 Å². The molecule has 0 atom stereocenters. The number of aromatic nitrogens is 1. The molecule has 0 aliphatic carbocycles. The van der Waals surface area contributed by atoms with E-state index in [0.29, 0.717) is 29.6 Å². The van der Waals surface area contributed by atoms with Gasteiger partial charge in [-0.25, -0.2) is 0 Å². The van der Waals surface area contributed by atoms with Crippen LogP contribution in [0.3, 0.4) is 0 Å². The molecule has 0 saturated carbocycles. The summed E-state index contributed by atoms with van der Waals surface area (Å²) < 4.78 is 10.6. The van der Waals surface area contributed by atoms with Gasteiger partial charge in [0, 0.05) is 32.0 Å². The first-order valence-electron chi connectivity index (χ1n) is 6.85. The molecule has 2 heterocycles. The van der Waals surface area contributed by atoms with Crippen molar-refractivity contribution < 1.29 is 14.1 Å². The van der Waals surface area contributed by atoms with Crippen molar-refractivity contribution >= 4 is 17.5 Å². The highest BCUT2D eigenvalue weighted by molar-refractivity contribution is 6.32. The van der Waals surface area contributed by atoms with Gasteiger partial charge in [0.15, 0.2) is 5.69 Å². The van der Waals surface area contributed by atoms with Crippen LogP contribution in [0.25, 0.3) is 0 Å². The summed E-state index contributed by atoms with van der Waals surface area (Å²) in [5.41, 5.74) is 0.348. The Bertz CT molecular complexity index is 607. The molecule has 21 heavy (non-hydrogen) atoms. The number of piperidine rings is 1. The van der Waals surface area contributed by atoms with Crippen molar-refractivity contribution in [2.45, 2.75) is 18.9 Å². The minimum atomic E-state index is -0.0973. The zero-order chi connectivity index (χ0) is 14.7. The molecule has 0 radical (unpaired) electrons. The Morgan fingerprint density at radius 1 is 1.29 bits per heavy atom. The Morgan fingerprint density at radius 2 is 2.05 bits per heavy atom. The van der Waals surface area contributed by atoms with Crippen molar-refractivity contribution in [3.63, 3.8) is 0 Å². The number of rotatable bonds is 3. The largest absolute Gasteiger partial charge is 0.489 e. The van der Waals surface area contributed by atoms with Crippen LogP contribution in [0.2, 0.25) is 5.02 Å². The maximum atomic E-state index is 12.1. The normalized spacial score (nSPS) is 16.0. The van der Waals surface area contributed by atoms with E-state index in [4.69, 9.17) is 20.9 Å². The van der Waals surface area contributed by atoms with Gasteiger partial charge in [0.05, 0.1) is 5.02 Å². The standard InChI is InChI=1S/C15H15ClN2O3/c16-12-3-1-2-4-14(12)21-11-5-8-18(9-6-11)15(19)13-7-10-20-17-13/h1-4,7,10-11H,5-6,8-9H2. The highest BCUT2D eigenvalue weighted by atomic mass is 35.5. The molecule has 1 aromatic heterocycles. The number of carbonyl (C=O) groups is 1. The van der Waals surface area contributed by atoms with Crippen molar-refractivity contribution in [3.05, 3.63) is 47.3 Å². The highest BCUT2D eigenvalue weighted by Gasteiger charge is 2.26. The zero-order valence-corrected chi connectivity index (χ0v) is 12.1. The summed E-state index contributed by atoms with van der Waals surface area (Å²) in [6.07, 6.45) is 3.02. The smallest absolute Gasteiger partial charge is 0.276 e. The second-order valence-electron chi connectivity index (χ2n) is 4.92. The Morgan fingerprint density at radius 3 is 2.71 bits per heavy atom. The molecule has 5 nitrogen and oxygen atoms in total. The van der Waals surface area contributed by atoms with E-state index in [1.165, 1.54) is 6.26 Å². The van der Waals surface area contributed by atoms with Gasteiger partial charge < -0.3 is 14.2 Å². The molecule has 3 rings (SSSR count). The number of hydrogen-bond donors (Lipinski definition) is 0. The van der Waals surface area contributed by atoms with Gasteiger partial charge in [-0.1, -0.05) is 28.9 Å². The number of carbonyl (C=O) groups excluding carboxylic acids is 1. The Labute approximate surface area is 127 Å². The molecule has 2 aromatic rings. The van der Waals surface area contributed by atoms with Crippen molar-refractivity contribution in [1.29, 1.82) is 0 Å². The second-order valence-corrected chi connectivity index (χ2v) is 5.33. The van der Waals surface area contributed by atoms with Crippen LogP contribution in [0.4, 0.5) is 0 Å². The third-order valence-corrected chi connectivity index (χ3v) is 3.83. The topological polar surface area (TPSA) is 55.6 Å². The average molecular weight is 307 g/mol. The monoisotopic (exact) mass is 306 g/mol. The van der Waals surface area contributed by atoms with Crippen LogP contribution in [0.1, 0.15) is 23.3 Å². The van der Waals surface area contributed by atoms with Crippen LogP contribution >= 0.6 is 11.6 Å². The number of para-hydroxylation sites is 1. The first-order valence-corrected chi connectivity index (χ1v) is 7.22. The van der Waals surface area contributed by atoms with E-state index in [0.717, 1.165) is 12.8 Å². The van der Waals surface area contributed by atoms with E-state index in [1.807, 2.05) is 18.2 Å². The lowest BCUT2D eigenvalue weighted by atomic mass is 10.1. The molecule has 1 aliphatic rings. The molecule has 6 heteroatoms. The van der Waals surface area contributed by atoms with Crippen LogP contribution < -0.4 is 4.74 Å². The van der Waals surface area contributed by atoms with Crippen molar-refractivity contribution in [1.82, 2.24) is 10.1 Å². The van der Waals surface area contributed by atoms with Gasteiger partial charge in [-0.2, -0.15) is 0 Å². The quantitative estimate of drug-likeness (QED) is 0.874. The maximum Gasteiger partial charge on any atom is 0.276 e. The molecule has 1 aromatic carbocycles. The summed E-state index contributed by atoms with van der Waals surface area (Å²) in [4.78, 5) is 13.9. The summed E-state index contributed by atoms with van der Waals surface area (Å²) in [6, 6.07) is 9.00. The average Bonchev–Trinajstić information content (AvgIpc) is 3.04. The Kier molecular flexibility index (Phi) is 4.10. The highest BCUT2D eigenvalue weighted by Crippen LogP contribution is 2.27. The molecule has 0 bridgehead atoms. The van der Waals surface area contributed by atoms with Gasteiger partial charge in [-0.15, -0.1) is 0 Å². The van der Waals surface area contributed by atoms with Crippen LogP contribution in [0, 0.1) is 0 Å². The van der Waals surface area contributed by atoms with Crippen molar-refractivity contribution in [2.75, 3.05) is 13.1 Å². The molecular weight excluding hydrogens is 292 g/mol. The summed E-state index contributed by atoms with van der Waals surface area (Å²) in [5, 5.41) is 4.28. The second kappa shape index (κ2) is 6.18. The molecule has 1 fully saturated rings. The number of likely N-dealkylation sites (tertiary alicyclic amines) is 1. The predicted octanol–water partition coefficient (Wildman–Crippen LogP) is 3.01. The molecule has 1 saturated heterocycles. The van der Waals surface area contributed by atoms with Gasteiger partial charge in [0.25, 0.3) is 5.91 Å². The lowest BCUT2D eigenvalue weighted by molar-refractivity contribution is 0.0586. The molecule has 110 valence electrons. The summed E-state index contributed by atoms with van der Waals surface area (Å²) >= 11 is 6.08. The van der Waals surface area contributed by atoms with Crippen LogP contribution in [0.15, 0.2) is 41.1 Å². The molecule has 0 unspecified atom stereocenters. The zero-order valence-electron chi connectivity index (χ0n) is 11.4. The molecule has 0 spiro atoms. The first-order chi connectivity index (χ1) is 10.2. The van der Waals surface area contributed by atoms with E-state index >= 15 is 0 Å². The minimum Gasteiger partial charge on any atom is -0.489 e. The van der Waals surface area contributed by atoms with Gasteiger partial charge in [-0.05, 0) is 12.1 Å². The van der Waals surface area contributed by atoms with E-state index < -0.39 is 0 Å². The number of halogens is 1. The third-order valence-electron chi connectivity index (χ3n) is 3.52. The Hall–Kier alpha value is -2.01. The van der Waals surface area contributed by atoms with Crippen molar-refractivity contribution in [3.8, 4) is 5.75 Å². The molecular formula is C15H15ClN2O3. The molecule has 1 amide bonds. The number of nitrogens with zero attached hydrogens (tertiary/aromatic N) is 2. The van der Waals surface area contributed by atoms with Crippen LogP contribution in [0.5, 0.6) is 5.75 Å². The van der Waals surface area contributed by atoms with Crippen LogP contribution in [-0.4, -0.2) is 35.2 Å². The first kappa shape index (κ1) is 13.9. The van der Waals surface area contributed by atoms with Gasteiger partial charge >= 0.3 is 0 Å². The van der Waals surface area contributed by atoms with E-state index in [1.54, 1.807) is 17.0 Å². The van der Waals surface area contributed by atoms with E-state index in [-0.39, 0.29) is 12.0 Å². The number of amides is 1. The SMILES string of the molecule is O=C(c1ccon1)N1CCC(Oc2ccccc2Cl)CC1. The van der Waals surface area contributed by atoms with Gasteiger partial charge in [0.1, 0.15) is 18.1 Å². The number of ether oxygens (including phenoxy) is 1. The third kappa shape index (κ3) is 3.19. The maximum absolute atomic E-state index is 12.1. The molecule has 1 aliphatic heterocycles. The van der Waals surface area contributed by atoms with E-state index in [9.17, 15) is 4.79 Å². The van der Waals surface area contributed by atoms with Crippen LogP contribution in [-0.2, 0) is 0 Å². The van der Waals surface area contributed by atoms with E-state index in [2.05, 4.69) is 5.16 Å². The summed E-state index contributed by atoms with van der Waals surface area (Å²) in [6.45, 7) is 1.28.